The molecule has 94 valence electrons. The molecule has 0 aromatic heterocycles. The Balaban J connectivity index is 1.95. The van der Waals surface area contributed by atoms with Crippen LogP contribution in [0.1, 0.15) is 38.5 Å². The number of hydrogen-bond acceptors (Lipinski definition) is 3. The zero-order valence-corrected chi connectivity index (χ0v) is 9.72. The maximum absolute atomic E-state index is 11.2. The van der Waals surface area contributed by atoms with E-state index in [0.717, 1.165) is 19.3 Å². The fraction of sp³-hybridized carbons (Fsp3) is 0.846. The summed E-state index contributed by atoms with van der Waals surface area (Å²) in [6.45, 7) is 0. The first-order valence-corrected chi connectivity index (χ1v) is 6.44. The molecule has 0 heterocycles. The van der Waals surface area contributed by atoms with Gasteiger partial charge in [-0.3, -0.25) is 4.79 Å². The zero-order chi connectivity index (χ0) is 12.2. The Kier molecular flexibility index (Phi) is 2.25. The minimum Gasteiger partial charge on any atom is -0.549 e. The maximum atomic E-state index is 11.2. The summed E-state index contributed by atoms with van der Waals surface area (Å²) >= 11 is 0. The smallest absolute Gasteiger partial charge is 0.312 e. The van der Waals surface area contributed by atoms with Crippen molar-refractivity contribution in [1.29, 1.82) is 0 Å². The van der Waals surface area contributed by atoms with E-state index in [4.69, 9.17) is 0 Å². The van der Waals surface area contributed by atoms with Gasteiger partial charge >= 0.3 is 5.97 Å². The van der Waals surface area contributed by atoms with E-state index >= 15 is 0 Å². The fourth-order valence-electron chi connectivity index (χ4n) is 5.14. The van der Waals surface area contributed by atoms with Crippen molar-refractivity contribution in [2.24, 2.45) is 29.1 Å². The summed E-state index contributed by atoms with van der Waals surface area (Å²) in [5.74, 6) is -2.21. The van der Waals surface area contributed by atoms with Gasteiger partial charge < -0.3 is 15.0 Å². The van der Waals surface area contributed by atoms with E-state index in [-0.39, 0.29) is 0 Å². The molecule has 0 aromatic rings. The van der Waals surface area contributed by atoms with Crippen molar-refractivity contribution in [1.82, 2.24) is 0 Å². The number of aliphatic carboxylic acids is 2. The summed E-state index contributed by atoms with van der Waals surface area (Å²) < 4.78 is 0. The lowest BCUT2D eigenvalue weighted by atomic mass is 9.46. The quantitative estimate of drug-likeness (QED) is 0.731. The highest BCUT2D eigenvalue weighted by Crippen LogP contribution is 2.62. The second-order valence-corrected chi connectivity index (χ2v) is 6.37. The molecule has 4 rings (SSSR count). The molecule has 0 saturated heterocycles. The summed E-state index contributed by atoms with van der Waals surface area (Å²) in [7, 11) is 0. The van der Waals surface area contributed by atoms with Gasteiger partial charge in [-0.25, -0.2) is 0 Å². The fourth-order valence-corrected chi connectivity index (χ4v) is 5.14. The summed E-state index contributed by atoms with van der Waals surface area (Å²) in [4.78, 5) is 22.4. The molecule has 17 heavy (non-hydrogen) atoms. The van der Waals surface area contributed by atoms with Crippen LogP contribution in [-0.2, 0) is 9.59 Å². The van der Waals surface area contributed by atoms with Crippen LogP contribution in [-0.4, -0.2) is 17.0 Å². The average Bonchev–Trinajstić information content (AvgIpc) is 2.11. The SMILES string of the molecule is O=C([O-])C(C(=O)O)C12CC3CC(CC(C3)C1)C2. The van der Waals surface area contributed by atoms with Crippen LogP contribution in [0.2, 0.25) is 0 Å². The molecule has 1 N–H and O–H groups in total. The van der Waals surface area contributed by atoms with Gasteiger partial charge in [-0.2, -0.15) is 0 Å². The van der Waals surface area contributed by atoms with Gasteiger partial charge in [0.2, 0.25) is 0 Å². The Morgan fingerprint density at radius 3 is 1.76 bits per heavy atom. The molecule has 1 unspecified atom stereocenters. The van der Waals surface area contributed by atoms with Gasteiger partial charge in [0.1, 0.15) is 5.92 Å². The highest BCUT2D eigenvalue weighted by Gasteiger charge is 2.56. The molecule has 4 nitrogen and oxygen atoms in total. The van der Waals surface area contributed by atoms with E-state index in [1.807, 2.05) is 0 Å². The van der Waals surface area contributed by atoms with Gasteiger partial charge in [0.15, 0.2) is 0 Å². The van der Waals surface area contributed by atoms with Gasteiger partial charge in [0.05, 0.1) is 5.97 Å². The molecule has 0 aliphatic heterocycles. The van der Waals surface area contributed by atoms with Gasteiger partial charge in [0.25, 0.3) is 0 Å². The Morgan fingerprint density at radius 1 is 1.06 bits per heavy atom. The predicted octanol–water partition coefficient (Wildman–Crippen LogP) is 0.653. The third-order valence-corrected chi connectivity index (χ3v) is 5.18. The van der Waals surface area contributed by atoms with Crippen LogP contribution in [0.5, 0.6) is 0 Å². The second-order valence-electron chi connectivity index (χ2n) is 6.37. The Labute approximate surface area is 100 Å². The first-order chi connectivity index (χ1) is 8.00. The molecule has 0 radical (unpaired) electrons. The first kappa shape index (κ1) is 11.1. The number of carboxylic acids is 2. The summed E-state index contributed by atoms with van der Waals surface area (Å²) in [6.07, 6.45) is 5.88. The van der Waals surface area contributed by atoms with Crippen molar-refractivity contribution in [3.63, 3.8) is 0 Å². The minimum atomic E-state index is -1.39. The molecule has 1 atom stereocenters. The van der Waals surface area contributed by atoms with Crippen molar-refractivity contribution in [3.8, 4) is 0 Å². The average molecular weight is 237 g/mol. The van der Waals surface area contributed by atoms with Crippen LogP contribution in [0.15, 0.2) is 0 Å². The third-order valence-electron chi connectivity index (χ3n) is 5.18. The Hall–Kier alpha value is -1.06. The molecule has 4 aliphatic rings. The van der Waals surface area contributed by atoms with Crippen LogP contribution in [0.4, 0.5) is 0 Å². The van der Waals surface area contributed by atoms with Crippen molar-refractivity contribution < 1.29 is 19.8 Å². The molecule has 4 heteroatoms. The van der Waals surface area contributed by atoms with Crippen LogP contribution in [0, 0.1) is 29.1 Å². The molecule has 4 saturated carbocycles. The van der Waals surface area contributed by atoms with Crippen LogP contribution in [0.25, 0.3) is 0 Å². The van der Waals surface area contributed by atoms with Gasteiger partial charge in [-0.05, 0) is 61.7 Å². The van der Waals surface area contributed by atoms with Crippen molar-refractivity contribution in [3.05, 3.63) is 0 Å². The molecule has 4 aliphatic carbocycles. The Bertz CT molecular complexity index is 324. The normalized spacial score (nSPS) is 44.6. The zero-order valence-electron chi connectivity index (χ0n) is 9.72. The largest absolute Gasteiger partial charge is 0.549 e. The molecule has 0 amide bonds. The van der Waals surface area contributed by atoms with Crippen LogP contribution < -0.4 is 5.11 Å². The molecule has 4 bridgehead atoms. The van der Waals surface area contributed by atoms with Crippen molar-refractivity contribution >= 4 is 11.9 Å². The van der Waals surface area contributed by atoms with E-state index in [2.05, 4.69) is 0 Å². The molecular weight excluding hydrogens is 220 g/mol. The number of carbonyl (C=O) groups excluding carboxylic acids is 1. The molecule has 4 fully saturated rings. The number of carbonyl (C=O) groups is 2. The molecule has 0 aromatic carbocycles. The van der Waals surface area contributed by atoms with Gasteiger partial charge in [-0.15, -0.1) is 0 Å². The van der Waals surface area contributed by atoms with E-state index < -0.39 is 23.3 Å². The maximum Gasteiger partial charge on any atom is 0.312 e. The highest BCUT2D eigenvalue weighted by atomic mass is 16.4. The standard InChI is InChI=1S/C13H18O4/c14-11(15)10(12(16)17)13-4-7-1-8(5-13)3-9(2-7)6-13/h7-10H,1-6H2,(H,14,15)(H,16,17)/p-1. The number of hydrogen-bond donors (Lipinski definition) is 1. The van der Waals surface area contributed by atoms with Crippen LogP contribution in [0.3, 0.4) is 0 Å². The number of carboxylic acid groups (broad SMARTS) is 2. The topological polar surface area (TPSA) is 77.4 Å². The predicted molar refractivity (Wildman–Crippen MR) is 56.7 cm³/mol. The number of rotatable bonds is 3. The highest BCUT2D eigenvalue weighted by molar-refractivity contribution is 5.93. The summed E-state index contributed by atoms with van der Waals surface area (Å²) in [6, 6.07) is 0. The van der Waals surface area contributed by atoms with Crippen molar-refractivity contribution in [2.75, 3.05) is 0 Å². The van der Waals surface area contributed by atoms with Gasteiger partial charge in [0, 0.05) is 0 Å². The molecule has 0 spiro atoms. The van der Waals surface area contributed by atoms with Gasteiger partial charge in [-0.1, -0.05) is 0 Å². The summed E-state index contributed by atoms with van der Waals surface area (Å²) in [5.41, 5.74) is -0.501. The van der Waals surface area contributed by atoms with Crippen LogP contribution >= 0.6 is 0 Å². The third kappa shape index (κ3) is 1.57. The van der Waals surface area contributed by atoms with E-state index in [9.17, 15) is 19.8 Å². The monoisotopic (exact) mass is 237 g/mol. The van der Waals surface area contributed by atoms with E-state index in [0.29, 0.717) is 17.8 Å². The molecular formula is C13H17O4-. The lowest BCUT2D eigenvalue weighted by Gasteiger charge is -2.58. The lowest BCUT2D eigenvalue weighted by Crippen LogP contribution is -2.56. The lowest BCUT2D eigenvalue weighted by molar-refractivity contribution is -0.317. The van der Waals surface area contributed by atoms with E-state index in [1.54, 1.807) is 0 Å². The Morgan fingerprint density at radius 2 is 1.47 bits per heavy atom. The summed E-state index contributed by atoms with van der Waals surface area (Å²) in [5, 5.41) is 20.3. The van der Waals surface area contributed by atoms with Crippen molar-refractivity contribution in [2.45, 2.75) is 38.5 Å². The minimum absolute atomic E-state index is 0.501. The second kappa shape index (κ2) is 3.47. The van der Waals surface area contributed by atoms with E-state index in [1.165, 1.54) is 19.3 Å². The first-order valence-electron chi connectivity index (χ1n) is 6.44.